The fourth-order valence-electron chi connectivity index (χ4n) is 1.39. The van der Waals surface area contributed by atoms with E-state index in [0.29, 0.717) is 6.61 Å². The number of hydrogen-bond acceptors (Lipinski definition) is 2. The second-order valence-electron chi connectivity index (χ2n) is 3.12. The van der Waals surface area contributed by atoms with E-state index >= 15 is 0 Å². The van der Waals surface area contributed by atoms with Crippen LogP contribution in [-0.4, -0.2) is 17.8 Å². The first-order valence-electron chi connectivity index (χ1n) is 4.39. The molecule has 0 radical (unpaired) electrons. The van der Waals surface area contributed by atoms with Crippen LogP contribution in [0.3, 0.4) is 0 Å². The molecule has 0 aliphatic carbocycles. The van der Waals surface area contributed by atoms with Crippen LogP contribution in [0, 0.1) is 0 Å². The lowest BCUT2D eigenvalue weighted by Gasteiger charge is -2.20. The Kier molecular flexibility index (Phi) is 2.43. The topological polar surface area (TPSA) is 29.5 Å². The molecule has 0 bridgehead atoms. The number of benzene rings is 1. The van der Waals surface area contributed by atoms with Crippen molar-refractivity contribution in [1.82, 2.24) is 0 Å². The van der Waals surface area contributed by atoms with Crippen molar-refractivity contribution in [2.24, 2.45) is 0 Å². The van der Waals surface area contributed by atoms with Crippen molar-refractivity contribution in [2.75, 3.05) is 6.61 Å². The van der Waals surface area contributed by atoms with Gasteiger partial charge < -0.3 is 9.84 Å². The van der Waals surface area contributed by atoms with Gasteiger partial charge in [0.1, 0.15) is 6.10 Å². The van der Waals surface area contributed by atoms with Gasteiger partial charge in [0.2, 0.25) is 0 Å². The number of ether oxygens (including phenoxy) is 1. The van der Waals surface area contributed by atoms with E-state index in [9.17, 15) is 0 Å². The van der Waals surface area contributed by atoms with Crippen LogP contribution in [0.4, 0.5) is 0 Å². The molecule has 0 spiro atoms. The molecule has 68 valence electrons. The molecule has 2 rings (SSSR count). The van der Waals surface area contributed by atoms with E-state index in [0.717, 1.165) is 5.56 Å². The molecule has 0 aromatic heterocycles. The van der Waals surface area contributed by atoms with Gasteiger partial charge in [-0.15, -0.1) is 0 Å². The van der Waals surface area contributed by atoms with E-state index in [1.54, 1.807) is 6.08 Å². The van der Waals surface area contributed by atoms with Crippen molar-refractivity contribution >= 4 is 0 Å². The predicted molar refractivity (Wildman–Crippen MR) is 50.3 cm³/mol. The van der Waals surface area contributed by atoms with Crippen molar-refractivity contribution in [1.29, 1.82) is 0 Å². The maximum atomic E-state index is 9.16. The molecule has 0 fully saturated rings. The van der Waals surface area contributed by atoms with E-state index in [1.165, 1.54) is 0 Å². The Morgan fingerprint density at radius 3 is 2.54 bits per heavy atom. The van der Waals surface area contributed by atoms with Crippen molar-refractivity contribution in [3.05, 3.63) is 48.0 Å². The molecule has 1 aliphatic rings. The summed E-state index contributed by atoms with van der Waals surface area (Å²) in [5.41, 5.74) is 1.13. The minimum atomic E-state index is -0.444. The lowest BCUT2D eigenvalue weighted by atomic mass is 10.1. The number of aliphatic hydroxyl groups excluding tert-OH is 1. The van der Waals surface area contributed by atoms with Gasteiger partial charge in [0, 0.05) is 0 Å². The van der Waals surface area contributed by atoms with Crippen LogP contribution in [0.15, 0.2) is 42.5 Å². The molecule has 2 nitrogen and oxygen atoms in total. The number of aliphatic hydroxyl groups is 1. The van der Waals surface area contributed by atoms with E-state index in [4.69, 9.17) is 9.84 Å². The van der Waals surface area contributed by atoms with Crippen LogP contribution in [0.5, 0.6) is 0 Å². The molecular weight excluding hydrogens is 164 g/mol. The average molecular weight is 176 g/mol. The van der Waals surface area contributed by atoms with Gasteiger partial charge in [-0.3, -0.25) is 0 Å². The van der Waals surface area contributed by atoms with Gasteiger partial charge in [-0.05, 0) is 5.56 Å². The first-order valence-corrected chi connectivity index (χ1v) is 4.39. The van der Waals surface area contributed by atoms with Gasteiger partial charge >= 0.3 is 0 Å². The predicted octanol–water partition coefficient (Wildman–Crippen LogP) is 1.68. The monoisotopic (exact) mass is 176 g/mol. The Balaban J connectivity index is 2.15. The largest absolute Gasteiger partial charge is 0.387 e. The molecule has 1 aliphatic heterocycles. The van der Waals surface area contributed by atoms with E-state index in [1.807, 2.05) is 36.4 Å². The lowest BCUT2D eigenvalue weighted by Crippen LogP contribution is -2.19. The first-order chi connectivity index (χ1) is 6.36. The molecule has 1 heterocycles. The lowest BCUT2D eigenvalue weighted by molar-refractivity contribution is 0.0145. The smallest absolute Gasteiger partial charge is 0.101 e. The van der Waals surface area contributed by atoms with Gasteiger partial charge in [-0.1, -0.05) is 42.5 Å². The molecule has 0 saturated carbocycles. The summed E-state index contributed by atoms with van der Waals surface area (Å²) in [6.45, 7) is 0.385. The molecule has 1 aromatic carbocycles. The highest BCUT2D eigenvalue weighted by Gasteiger charge is 2.14. The maximum Gasteiger partial charge on any atom is 0.101 e. The Morgan fingerprint density at radius 1 is 1.15 bits per heavy atom. The summed E-state index contributed by atoms with van der Waals surface area (Å²) in [5.74, 6) is 0. The second kappa shape index (κ2) is 3.73. The van der Waals surface area contributed by atoms with Crippen LogP contribution in [0.1, 0.15) is 11.7 Å². The van der Waals surface area contributed by atoms with Crippen molar-refractivity contribution < 1.29 is 9.84 Å². The van der Waals surface area contributed by atoms with E-state index in [2.05, 4.69) is 0 Å². The Labute approximate surface area is 77.5 Å². The summed E-state index contributed by atoms with van der Waals surface area (Å²) in [7, 11) is 0. The summed E-state index contributed by atoms with van der Waals surface area (Å²) in [5, 5.41) is 9.16. The number of hydrogen-bond donors (Lipinski definition) is 1. The SMILES string of the molecule is O[C@@H]1C=C[C@H](c2ccccc2)OC1. The third-order valence-corrected chi connectivity index (χ3v) is 2.08. The zero-order chi connectivity index (χ0) is 9.10. The molecule has 13 heavy (non-hydrogen) atoms. The van der Waals surface area contributed by atoms with E-state index < -0.39 is 6.10 Å². The van der Waals surface area contributed by atoms with Gasteiger partial charge in [-0.25, -0.2) is 0 Å². The molecular formula is C11H12O2. The molecule has 0 saturated heterocycles. The summed E-state index contributed by atoms with van der Waals surface area (Å²) in [6.07, 6.45) is 3.23. The second-order valence-corrected chi connectivity index (χ2v) is 3.12. The third kappa shape index (κ3) is 1.97. The minimum absolute atomic E-state index is 0.00426. The Morgan fingerprint density at radius 2 is 1.92 bits per heavy atom. The fourth-order valence-corrected chi connectivity index (χ4v) is 1.39. The number of rotatable bonds is 1. The van der Waals surface area contributed by atoms with Gasteiger partial charge in [-0.2, -0.15) is 0 Å². The molecule has 1 aromatic rings. The molecule has 2 atom stereocenters. The van der Waals surface area contributed by atoms with Gasteiger partial charge in [0.15, 0.2) is 0 Å². The van der Waals surface area contributed by atoms with Crippen molar-refractivity contribution in [3.8, 4) is 0 Å². The van der Waals surface area contributed by atoms with Crippen LogP contribution in [0.2, 0.25) is 0 Å². The summed E-state index contributed by atoms with van der Waals surface area (Å²) >= 11 is 0. The van der Waals surface area contributed by atoms with Crippen molar-refractivity contribution in [3.63, 3.8) is 0 Å². The highest BCUT2D eigenvalue weighted by Crippen LogP contribution is 2.21. The molecule has 2 heteroatoms. The zero-order valence-corrected chi connectivity index (χ0v) is 7.26. The molecule has 0 unspecified atom stereocenters. The highest BCUT2D eigenvalue weighted by atomic mass is 16.5. The highest BCUT2D eigenvalue weighted by molar-refractivity contribution is 5.22. The zero-order valence-electron chi connectivity index (χ0n) is 7.26. The Bertz CT molecular complexity index is 292. The average Bonchev–Trinajstić information content (AvgIpc) is 2.20. The fraction of sp³-hybridized carbons (Fsp3) is 0.273. The minimum Gasteiger partial charge on any atom is -0.387 e. The maximum absolute atomic E-state index is 9.16. The summed E-state index contributed by atoms with van der Waals surface area (Å²) in [6, 6.07) is 9.99. The summed E-state index contributed by atoms with van der Waals surface area (Å²) in [4.78, 5) is 0. The molecule has 0 amide bonds. The van der Waals surface area contributed by atoms with Crippen LogP contribution in [-0.2, 0) is 4.74 Å². The third-order valence-electron chi connectivity index (χ3n) is 2.08. The standard InChI is InChI=1S/C11H12O2/c12-10-6-7-11(13-8-10)9-4-2-1-3-5-9/h1-7,10-12H,8H2/t10-,11-/m1/s1. The first kappa shape index (κ1) is 8.48. The van der Waals surface area contributed by atoms with Crippen molar-refractivity contribution in [2.45, 2.75) is 12.2 Å². The molecule has 1 N–H and O–H groups in total. The Hall–Kier alpha value is -1.12. The summed E-state index contributed by atoms with van der Waals surface area (Å²) < 4.78 is 5.44. The van der Waals surface area contributed by atoms with Crippen LogP contribution >= 0.6 is 0 Å². The normalized spacial score (nSPS) is 27.5. The van der Waals surface area contributed by atoms with Crippen LogP contribution in [0.25, 0.3) is 0 Å². The van der Waals surface area contributed by atoms with Gasteiger partial charge in [0.05, 0.1) is 12.7 Å². The van der Waals surface area contributed by atoms with Crippen LogP contribution < -0.4 is 0 Å². The van der Waals surface area contributed by atoms with E-state index in [-0.39, 0.29) is 6.10 Å². The van der Waals surface area contributed by atoms with Gasteiger partial charge in [0.25, 0.3) is 0 Å². The quantitative estimate of drug-likeness (QED) is 0.659.